The molecule has 106 valence electrons. The Hall–Kier alpha value is -0.825. The molecule has 0 aromatic heterocycles. The van der Waals surface area contributed by atoms with Gasteiger partial charge in [0.05, 0.1) is 12.8 Å². The van der Waals surface area contributed by atoms with Crippen LogP contribution in [-0.2, 0) is 0 Å². The molecule has 1 aliphatic rings. The Morgan fingerprint density at radius 2 is 2.05 bits per heavy atom. The summed E-state index contributed by atoms with van der Waals surface area (Å²) in [5, 5.41) is 3.30. The summed E-state index contributed by atoms with van der Waals surface area (Å²) in [6, 6.07) is 0. The van der Waals surface area contributed by atoms with E-state index in [1.54, 1.807) is 0 Å². The van der Waals surface area contributed by atoms with E-state index in [1.165, 1.54) is 25.2 Å². The Labute approximate surface area is 126 Å². The molecule has 1 rings (SSSR count). The molecule has 0 aromatic carbocycles. The van der Waals surface area contributed by atoms with Gasteiger partial charge < -0.3 is 5.32 Å². The summed E-state index contributed by atoms with van der Waals surface area (Å²) in [4.78, 5) is 1.01. The second-order valence-corrected chi connectivity index (χ2v) is 4.28. The lowest BCUT2D eigenvalue weighted by Crippen LogP contribution is -2.25. The van der Waals surface area contributed by atoms with Gasteiger partial charge in [-0.2, -0.15) is 0 Å². The van der Waals surface area contributed by atoms with Crippen LogP contribution >= 0.6 is 12.2 Å². The zero-order valence-corrected chi connectivity index (χ0v) is 13.7. The van der Waals surface area contributed by atoms with Crippen molar-refractivity contribution in [3.8, 4) is 0 Å². The monoisotopic (exact) mass is 277 g/mol. The van der Waals surface area contributed by atoms with Crippen molar-refractivity contribution in [3.63, 3.8) is 0 Å². The lowest BCUT2D eigenvalue weighted by atomic mass is 9.94. The largest absolute Gasteiger partial charge is 0.379 e. The van der Waals surface area contributed by atoms with Crippen LogP contribution in [0.25, 0.3) is 0 Å². The predicted octanol–water partition coefficient (Wildman–Crippen LogP) is 4.62. The van der Waals surface area contributed by atoms with E-state index in [0.29, 0.717) is 5.92 Å². The summed E-state index contributed by atoms with van der Waals surface area (Å²) >= 11 is 5.19. The van der Waals surface area contributed by atoms with Crippen LogP contribution in [0.4, 0.5) is 0 Å². The average Bonchev–Trinajstić information content (AvgIpc) is 2.69. The molecule has 1 unspecified atom stereocenters. The Balaban J connectivity index is 0. The van der Waals surface area contributed by atoms with E-state index < -0.39 is 0 Å². The van der Waals surface area contributed by atoms with E-state index in [-0.39, 0.29) is 0 Å². The van der Waals surface area contributed by atoms with Gasteiger partial charge in [-0.15, -0.1) is 0 Å². The highest BCUT2D eigenvalue weighted by molar-refractivity contribution is 7.80. The maximum Gasteiger partial charge on any atom is 0.0753 e. The Bertz CT molecular complexity index is 295. The molecule has 1 N–H and O–H groups in total. The van der Waals surface area contributed by atoms with Gasteiger partial charge in [0.15, 0.2) is 0 Å². The maximum absolute atomic E-state index is 5.19. The van der Waals surface area contributed by atoms with Gasteiger partial charge in [0.25, 0.3) is 0 Å². The van der Waals surface area contributed by atoms with Crippen molar-refractivity contribution >= 4 is 25.1 Å². The van der Waals surface area contributed by atoms with Gasteiger partial charge in [-0.25, -0.2) is 0 Å². The fraction of sp³-hybridized carbons (Fsp3) is 0.562. The maximum atomic E-state index is 5.19. The Morgan fingerprint density at radius 3 is 2.58 bits per heavy atom. The number of hydrogen-bond donors (Lipinski definition) is 1. The highest BCUT2D eigenvalue weighted by Crippen LogP contribution is 2.21. The van der Waals surface area contributed by atoms with Gasteiger partial charge in [-0.05, 0) is 31.8 Å². The Kier molecular flexibility index (Phi) is 16.4. The van der Waals surface area contributed by atoms with E-state index in [0.717, 1.165) is 18.0 Å². The van der Waals surface area contributed by atoms with Crippen LogP contribution in [-0.4, -0.2) is 19.4 Å². The zero-order chi connectivity index (χ0) is 15.1. The molecule has 0 saturated carbocycles. The van der Waals surface area contributed by atoms with E-state index in [2.05, 4.69) is 31.9 Å². The van der Waals surface area contributed by atoms with Crippen LogP contribution < -0.4 is 5.32 Å². The number of hydrogen-bond acceptors (Lipinski definition) is 1. The van der Waals surface area contributed by atoms with E-state index in [1.807, 2.05) is 32.9 Å². The van der Waals surface area contributed by atoms with Crippen molar-refractivity contribution in [2.24, 2.45) is 5.92 Å². The molecule has 1 heterocycles. The molecule has 1 fully saturated rings. The summed E-state index contributed by atoms with van der Waals surface area (Å²) in [5.74, 6) is 0.555. The highest BCUT2D eigenvalue weighted by atomic mass is 32.1. The molecule has 2 radical (unpaired) electrons. The van der Waals surface area contributed by atoms with Crippen LogP contribution in [0.1, 0.15) is 40.0 Å². The van der Waals surface area contributed by atoms with Crippen molar-refractivity contribution in [2.75, 3.05) is 6.54 Å². The summed E-state index contributed by atoms with van der Waals surface area (Å²) in [5.41, 5.74) is 1.31. The Morgan fingerprint density at radius 1 is 1.42 bits per heavy atom. The van der Waals surface area contributed by atoms with Crippen LogP contribution in [0.15, 0.2) is 36.5 Å². The van der Waals surface area contributed by atoms with Gasteiger partial charge in [-0.1, -0.05) is 63.8 Å². The van der Waals surface area contributed by atoms with Crippen molar-refractivity contribution < 1.29 is 0 Å². The third-order valence-electron chi connectivity index (χ3n) is 2.69. The first-order valence-corrected chi connectivity index (χ1v) is 7.48. The van der Waals surface area contributed by atoms with Gasteiger partial charge in [0, 0.05) is 12.5 Å². The van der Waals surface area contributed by atoms with Crippen LogP contribution in [0, 0.1) is 5.92 Å². The van der Waals surface area contributed by atoms with Crippen molar-refractivity contribution in [1.82, 2.24) is 5.32 Å². The second-order valence-electron chi connectivity index (χ2n) is 3.79. The molecule has 19 heavy (non-hydrogen) atoms. The van der Waals surface area contributed by atoms with E-state index in [4.69, 9.17) is 12.2 Å². The van der Waals surface area contributed by atoms with Crippen molar-refractivity contribution in [1.29, 1.82) is 0 Å². The summed E-state index contributed by atoms with van der Waals surface area (Å²) < 4.78 is 0. The van der Waals surface area contributed by atoms with Crippen molar-refractivity contribution in [3.05, 3.63) is 36.5 Å². The smallest absolute Gasteiger partial charge is 0.0753 e. The normalized spacial score (nSPS) is 19.3. The molecule has 0 amide bonds. The molecule has 1 saturated heterocycles. The molecule has 0 spiro atoms. The minimum atomic E-state index is 0.555. The number of thiocarbonyl (C=S) groups is 1. The summed E-state index contributed by atoms with van der Waals surface area (Å²) in [6.07, 6.45) is 11.6. The van der Waals surface area contributed by atoms with Crippen molar-refractivity contribution in [2.45, 2.75) is 46.9 Å². The lowest BCUT2D eigenvalue weighted by Gasteiger charge is -2.15. The summed E-state index contributed by atoms with van der Waals surface area (Å²) in [6.45, 7) is 12.4. The first-order chi connectivity index (χ1) is 9.27. The lowest BCUT2D eigenvalue weighted by molar-refractivity contribution is 0.565. The highest BCUT2D eigenvalue weighted by Gasteiger charge is 2.15. The van der Waals surface area contributed by atoms with Gasteiger partial charge in [0.1, 0.15) is 0 Å². The van der Waals surface area contributed by atoms with Gasteiger partial charge >= 0.3 is 0 Å². The van der Waals surface area contributed by atoms with Gasteiger partial charge in [-0.3, -0.25) is 0 Å². The van der Waals surface area contributed by atoms with Gasteiger partial charge in [0.2, 0.25) is 0 Å². The molecule has 0 aromatic rings. The molecule has 0 bridgehead atoms. The molecular weight excluding hydrogens is 249 g/mol. The molecule has 1 aliphatic heterocycles. The molecule has 1 atom stereocenters. The minimum Gasteiger partial charge on any atom is -0.379 e. The first-order valence-electron chi connectivity index (χ1n) is 7.07. The third-order valence-corrected chi connectivity index (χ3v) is 3.04. The second kappa shape index (κ2) is 15.2. The summed E-state index contributed by atoms with van der Waals surface area (Å²) in [7, 11) is 4.50. The van der Waals surface area contributed by atoms with E-state index in [9.17, 15) is 0 Å². The quantitative estimate of drug-likeness (QED) is 0.459. The average molecular weight is 277 g/mol. The predicted molar refractivity (Wildman–Crippen MR) is 94.0 cm³/mol. The first kappa shape index (κ1) is 20.5. The fourth-order valence-electron chi connectivity index (χ4n) is 1.80. The SMILES string of the molecule is C=C/C(=C\C=C/C)C1CCCC(=S)NC1.CC.[B]C. The molecule has 0 aliphatic carbocycles. The molecular formula is C16H28BNS. The third kappa shape index (κ3) is 9.72. The zero-order valence-electron chi connectivity index (χ0n) is 12.9. The number of allylic oxidation sites excluding steroid dienone is 4. The van der Waals surface area contributed by atoms with Crippen LogP contribution in [0.5, 0.6) is 0 Å². The van der Waals surface area contributed by atoms with Crippen LogP contribution in [0.2, 0.25) is 6.82 Å². The standard InChI is InChI=1S/C13H19NS.C2H6.CH3B/c1-3-5-7-11(4-2)12-8-6-9-13(15)14-10-12;2*1-2/h3-5,7,12H,2,6,8-10H2,1H3,(H,14,15);1-2H3;1H3/b5-3-,11-7+;;. The topological polar surface area (TPSA) is 12.0 Å². The molecule has 1 nitrogen and oxygen atoms in total. The fourth-order valence-corrected chi connectivity index (χ4v) is 2.03. The van der Waals surface area contributed by atoms with Crippen LogP contribution in [0.3, 0.4) is 0 Å². The molecule has 3 heteroatoms. The minimum absolute atomic E-state index is 0.555. The number of nitrogens with one attached hydrogen (secondary N) is 1. The number of rotatable bonds is 3. The van der Waals surface area contributed by atoms with E-state index >= 15 is 0 Å².